The molecule has 0 unspecified atom stereocenters. The predicted molar refractivity (Wildman–Crippen MR) is 87.7 cm³/mol. The number of ketones is 1. The van der Waals surface area contributed by atoms with Crippen LogP contribution >= 0.6 is 11.5 Å². The summed E-state index contributed by atoms with van der Waals surface area (Å²) in [6.45, 7) is 0. The van der Waals surface area contributed by atoms with E-state index in [-0.39, 0.29) is 11.3 Å². The molecule has 0 fully saturated rings. The average molecular weight is 305 g/mol. The van der Waals surface area contributed by atoms with E-state index in [2.05, 4.69) is 5.92 Å². The Bertz CT molecular complexity index is 912. The fourth-order valence-corrected chi connectivity index (χ4v) is 2.97. The van der Waals surface area contributed by atoms with E-state index in [1.807, 2.05) is 6.07 Å². The van der Waals surface area contributed by atoms with Crippen LogP contribution in [0.2, 0.25) is 0 Å². The summed E-state index contributed by atoms with van der Waals surface area (Å²) in [5.41, 5.74) is 1.78. The number of carbonyl (C=O) groups excluding carboxylic acids is 1. The molecular weight excluding hydrogens is 294 g/mol. The molecule has 0 bridgehead atoms. The van der Waals surface area contributed by atoms with Gasteiger partial charge in [-0.25, -0.2) is 3.96 Å². The van der Waals surface area contributed by atoms with Crippen molar-refractivity contribution in [1.29, 1.82) is 0 Å². The molecule has 3 rings (SSSR count). The van der Waals surface area contributed by atoms with Crippen LogP contribution in [0.5, 0.6) is 0 Å². The van der Waals surface area contributed by atoms with Crippen molar-refractivity contribution in [1.82, 2.24) is 3.96 Å². The third-order valence-corrected chi connectivity index (χ3v) is 4.25. The largest absolute Gasteiger partial charge is 0.288 e. The molecule has 0 aliphatic rings. The summed E-state index contributed by atoms with van der Waals surface area (Å²) in [6.07, 6.45) is 5.32. The van der Waals surface area contributed by atoms with Gasteiger partial charge in [0.25, 0.3) is 5.56 Å². The first-order valence-electron chi connectivity index (χ1n) is 6.59. The highest BCUT2D eigenvalue weighted by atomic mass is 32.1. The van der Waals surface area contributed by atoms with E-state index in [9.17, 15) is 9.59 Å². The lowest BCUT2D eigenvalue weighted by atomic mass is 10.1. The van der Waals surface area contributed by atoms with E-state index in [1.54, 1.807) is 48.5 Å². The van der Waals surface area contributed by atoms with Gasteiger partial charge in [0.1, 0.15) is 0 Å². The number of hydrogen-bond donors (Lipinski definition) is 0. The Morgan fingerprint density at radius 2 is 1.73 bits per heavy atom. The van der Waals surface area contributed by atoms with Gasteiger partial charge in [0, 0.05) is 17.2 Å². The first-order chi connectivity index (χ1) is 10.7. The zero-order valence-electron chi connectivity index (χ0n) is 11.5. The Kier molecular flexibility index (Phi) is 3.73. The molecule has 3 aromatic rings. The van der Waals surface area contributed by atoms with Gasteiger partial charge in [-0.2, -0.15) is 0 Å². The molecule has 0 atom stereocenters. The summed E-state index contributed by atoms with van der Waals surface area (Å²) in [4.78, 5) is 24.9. The molecule has 0 N–H and O–H groups in total. The van der Waals surface area contributed by atoms with E-state index in [0.29, 0.717) is 16.1 Å². The first kappa shape index (κ1) is 14.1. The fourth-order valence-electron chi connectivity index (χ4n) is 2.05. The lowest BCUT2D eigenvalue weighted by Crippen LogP contribution is -2.09. The van der Waals surface area contributed by atoms with Crippen LogP contribution in [0.15, 0.2) is 65.5 Å². The summed E-state index contributed by atoms with van der Waals surface area (Å²) in [7, 11) is 0. The maximum Gasteiger partial charge on any atom is 0.266 e. The minimum atomic E-state index is -0.224. The molecule has 106 valence electrons. The van der Waals surface area contributed by atoms with Crippen LogP contribution in [0.3, 0.4) is 0 Å². The monoisotopic (exact) mass is 305 g/mol. The number of rotatable bonds is 3. The Hall–Kier alpha value is -2.90. The van der Waals surface area contributed by atoms with Gasteiger partial charge in [0.15, 0.2) is 0 Å². The number of benzene rings is 2. The molecule has 0 radical (unpaired) electrons. The van der Waals surface area contributed by atoms with Crippen molar-refractivity contribution >= 4 is 17.3 Å². The Morgan fingerprint density at radius 1 is 1.05 bits per heavy atom. The number of terminal acetylenes is 1. The van der Waals surface area contributed by atoms with E-state index < -0.39 is 0 Å². The number of nitrogens with zero attached hydrogens (tertiary/aromatic N) is 1. The molecule has 1 heterocycles. The molecular formula is C18H11NO2S. The third-order valence-electron chi connectivity index (χ3n) is 3.17. The summed E-state index contributed by atoms with van der Waals surface area (Å²) in [5.74, 6) is 2.38. The molecule has 0 spiro atoms. The van der Waals surface area contributed by atoms with Gasteiger partial charge in [-0.3, -0.25) is 9.59 Å². The summed E-state index contributed by atoms with van der Waals surface area (Å²) in [6, 6.07) is 17.3. The number of carbonyl (C=O) groups is 1. The zero-order chi connectivity index (χ0) is 15.5. The Labute approximate surface area is 131 Å². The standard InChI is InChI=1S/C18H11NO2S/c1-2-13-8-10-15(11-9-13)19-17(20)12-16(22-19)18(21)14-6-4-3-5-7-14/h1,3-12H. The maximum absolute atomic E-state index is 12.4. The summed E-state index contributed by atoms with van der Waals surface area (Å²) in [5, 5.41) is 0. The molecule has 22 heavy (non-hydrogen) atoms. The van der Waals surface area contributed by atoms with Crippen molar-refractivity contribution in [3.05, 3.63) is 87.0 Å². The van der Waals surface area contributed by atoms with Crippen LogP contribution in [0.25, 0.3) is 5.69 Å². The molecule has 3 nitrogen and oxygen atoms in total. The molecule has 1 aromatic heterocycles. The van der Waals surface area contributed by atoms with Crippen molar-refractivity contribution in [3.8, 4) is 18.0 Å². The summed E-state index contributed by atoms with van der Waals surface area (Å²) >= 11 is 1.13. The van der Waals surface area contributed by atoms with E-state index in [0.717, 1.165) is 17.1 Å². The number of aromatic nitrogens is 1. The molecule has 4 heteroatoms. The van der Waals surface area contributed by atoms with Gasteiger partial charge in [-0.05, 0) is 35.8 Å². The van der Waals surface area contributed by atoms with Crippen LogP contribution in [-0.2, 0) is 0 Å². The fraction of sp³-hybridized carbons (Fsp3) is 0. The average Bonchev–Trinajstić information content (AvgIpc) is 2.97. The van der Waals surface area contributed by atoms with Gasteiger partial charge in [-0.1, -0.05) is 36.3 Å². The van der Waals surface area contributed by atoms with Gasteiger partial charge in [-0.15, -0.1) is 6.42 Å². The topological polar surface area (TPSA) is 39.1 Å². The van der Waals surface area contributed by atoms with Gasteiger partial charge >= 0.3 is 0 Å². The minimum absolute atomic E-state index is 0.151. The third kappa shape index (κ3) is 2.62. The van der Waals surface area contributed by atoms with Gasteiger partial charge in [0.05, 0.1) is 10.6 Å². The van der Waals surface area contributed by atoms with E-state index in [4.69, 9.17) is 6.42 Å². The van der Waals surface area contributed by atoms with Crippen molar-refractivity contribution in [3.63, 3.8) is 0 Å². The molecule has 0 aliphatic heterocycles. The second kappa shape index (κ2) is 5.84. The lowest BCUT2D eigenvalue weighted by molar-refractivity contribution is 0.104. The van der Waals surface area contributed by atoms with E-state index >= 15 is 0 Å². The Balaban J connectivity index is 1.99. The van der Waals surface area contributed by atoms with Crippen LogP contribution in [-0.4, -0.2) is 9.74 Å². The molecule has 0 saturated carbocycles. The Morgan fingerprint density at radius 3 is 2.36 bits per heavy atom. The van der Waals surface area contributed by atoms with Crippen LogP contribution in [0, 0.1) is 12.3 Å². The maximum atomic E-state index is 12.4. The molecule has 0 aliphatic carbocycles. The number of hydrogen-bond acceptors (Lipinski definition) is 3. The second-order valence-electron chi connectivity index (χ2n) is 4.62. The predicted octanol–water partition coefficient (Wildman–Crippen LogP) is 3.11. The highest BCUT2D eigenvalue weighted by Crippen LogP contribution is 2.17. The second-order valence-corrected chi connectivity index (χ2v) is 5.61. The van der Waals surface area contributed by atoms with Crippen LogP contribution in [0.1, 0.15) is 20.8 Å². The first-order valence-corrected chi connectivity index (χ1v) is 7.36. The van der Waals surface area contributed by atoms with Crippen LogP contribution < -0.4 is 5.56 Å². The zero-order valence-corrected chi connectivity index (χ0v) is 12.3. The summed E-state index contributed by atoms with van der Waals surface area (Å²) < 4.78 is 1.48. The SMILES string of the molecule is C#Cc1ccc(-n2sc(C(=O)c3ccccc3)cc2=O)cc1. The van der Waals surface area contributed by atoms with Crippen molar-refractivity contribution < 1.29 is 4.79 Å². The minimum Gasteiger partial charge on any atom is -0.288 e. The molecule has 0 saturated heterocycles. The van der Waals surface area contributed by atoms with Crippen LogP contribution in [0.4, 0.5) is 0 Å². The van der Waals surface area contributed by atoms with Gasteiger partial charge in [0.2, 0.25) is 5.78 Å². The van der Waals surface area contributed by atoms with Crippen molar-refractivity contribution in [2.24, 2.45) is 0 Å². The van der Waals surface area contributed by atoms with Crippen molar-refractivity contribution in [2.75, 3.05) is 0 Å². The quantitative estimate of drug-likeness (QED) is 0.551. The molecule has 0 amide bonds. The normalized spacial score (nSPS) is 10.1. The van der Waals surface area contributed by atoms with E-state index in [1.165, 1.54) is 10.0 Å². The van der Waals surface area contributed by atoms with Gasteiger partial charge < -0.3 is 0 Å². The van der Waals surface area contributed by atoms with Crippen molar-refractivity contribution in [2.45, 2.75) is 0 Å². The highest BCUT2D eigenvalue weighted by molar-refractivity contribution is 7.09. The highest BCUT2D eigenvalue weighted by Gasteiger charge is 2.14. The smallest absolute Gasteiger partial charge is 0.266 e. The lowest BCUT2D eigenvalue weighted by Gasteiger charge is -2.00. The molecule has 2 aromatic carbocycles.